The zero-order valence-electron chi connectivity index (χ0n) is 13.6. The van der Waals surface area contributed by atoms with Crippen LogP contribution < -0.4 is 9.64 Å². The summed E-state index contributed by atoms with van der Waals surface area (Å²) in [5.41, 5.74) is 0.721. The normalized spacial score (nSPS) is 18.4. The summed E-state index contributed by atoms with van der Waals surface area (Å²) >= 11 is 0. The fourth-order valence-corrected chi connectivity index (χ4v) is 2.42. The summed E-state index contributed by atoms with van der Waals surface area (Å²) in [6.45, 7) is 3.22. The molecule has 0 saturated heterocycles. The lowest BCUT2D eigenvalue weighted by atomic mass is 10.1. The Hall–Kier alpha value is -2.41. The number of hydrogen-bond donors (Lipinski definition) is 1. The molecule has 1 heterocycles. The second-order valence-electron chi connectivity index (χ2n) is 5.83. The highest BCUT2D eigenvalue weighted by atomic mass is 16.5. The average molecular weight is 320 g/mol. The summed E-state index contributed by atoms with van der Waals surface area (Å²) in [7, 11) is 3.56. The highest BCUT2D eigenvalue weighted by Gasteiger charge is 2.37. The molecule has 1 N–H and O–H groups in total. The Kier molecular flexibility index (Phi) is 4.70. The van der Waals surface area contributed by atoms with E-state index in [1.807, 2.05) is 0 Å². The third-order valence-corrected chi connectivity index (χ3v) is 3.63. The van der Waals surface area contributed by atoms with E-state index in [4.69, 9.17) is 4.74 Å². The summed E-state index contributed by atoms with van der Waals surface area (Å²) < 4.78 is 5.51. The van der Waals surface area contributed by atoms with Crippen LogP contribution in [0.2, 0.25) is 0 Å². The molecule has 0 aliphatic carbocycles. The smallest absolute Gasteiger partial charge is 0.326 e. The second-order valence-corrected chi connectivity index (χ2v) is 5.83. The van der Waals surface area contributed by atoms with E-state index < -0.39 is 24.0 Å². The van der Waals surface area contributed by atoms with Gasteiger partial charge in [-0.1, -0.05) is 0 Å². The van der Waals surface area contributed by atoms with Gasteiger partial charge in [0.1, 0.15) is 11.8 Å². The van der Waals surface area contributed by atoms with Gasteiger partial charge in [0.2, 0.25) is 0 Å². The predicted octanol–water partition coefficient (Wildman–Crippen LogP) is 1.02. The quantitative estimate of drug-likeness (QED) is 0.815. The van der Waals surface area contributed by atoms with E-state index in [2.05, 4.69) is 0 Å². The minimum absolute atomic E-state index is 0.119. The van der Waals surface area contributed by atoms with Gasteiger partial charge >= 0.3 is 5.97 Å². The second kappa shape index (κ2) is 6.37. The SMILES string of the molecule is CC1Oc2ccc(C(=O)CN(C)C)cc2N(C(C)C(=O)O)C1=O. The molecule has 23 heavy (non-hydrogen) atoms. The molecule has 1 aromatic rings. The first-order chi connectivity index (χ1) is 10.7. The summed E-state index contributed by atoms with van der Waals surface area (Å²) in [5.74, 6) is -1.29. The molecule has 1 aliphatic heterocycles. The van der Waals surface area contributed by atoms with Gasteiger partial charge in [0.15, 0.2) is 11.9 Å². The van der Waals surface area contributed by atoms with E-state index in [0.29, 0.717) is 17.0 Å². The maximum atomic E-state index is 12.3. The van der Waals surface area contributed by atoms with Crippen molar-refractivity contribution in [1.82, 2.24) is 4.90 Å². The zero-order valence-corrected chi connectivity index (χ0v) is 13.6. The number of benzene rings is 1. The zero-order chi connectivity index (χ0) is 17.3. The number of likely N-dealkylation sites (N-methyl/N-ethyl adjacent to an activating group) is 1. The van der Waals surface area contributed by atoms with Crippen molar-refractivity contribution in [3.05, 3.63) is 23.8 Å². The predicted molar refractivity (Wildman–Crippen MR) is 84.0 cm³/mol. The molecule has 7 nitrogen and oxygen atoms in total. The third-order valence-electron chi connectivity index (χ3n) is 3.63. The molecule has 1 amide bonds. The molecule has 0 radical (unpaired) electrons. The number of carboxylic acids is 1. The number of Topliss-reactive ketones (excluding diaryl/α,β-unsaturated/α-hetero) is 1. The van der Waals surface area contributed by atoms with Gasteiger partial charge in [-0.3, -0.25) is 14.5 Å². The molecular formula is C16H20N2O5. The molecule has 1 aliphatic rings. The number of rotatable bonds is 5. The number of ether oxygens (including phenoxy) is 1. The Labute approximate surface area is 134 Å². The van der Waals surface area contributed by atoms with Crippen LogP contribution in [0.15, 0.2) is 18.2 Å². The number of carbonyl (C=O) groups excluding carboxylic acids is 2. The molecule has 0 saturated carbocycles. The maximum absolute atomic E-state index is 12.3. The van der Waals surface area contributed by atoms with Crippen molar-refractivity contribution in [2.45, 2.75) is 26.0 Å². The van der Waals surface area contributed by atoms with Crippen molar-refractivity contribution >= 4 is 23.3 Å². The number of aliphatic carboxylic acids is 1. The summed E-state index contributed by atoms with van der Waals surface area (Å²) in [6, 6.07) is 3.69. The number of carbonyl (C=O) groups is 3. The van der Waals surface area contributed by atoms with Crippen LogP contribution in [-0.2, 0) is 9.59 Å². The molecule has 0 bridgehead atoms. The number of anilines is 1. The standard InChI is InChI=1S/C16H20N2O5/c1-9(16(21)22)18-12-7-11(13(19)8-17(3)4)5-6-14(12)23-10(2)15(18)20/h5-7,9-10H,8H2,1-4H3,(H,21,22). The Morgan fingerprint density at radius 1 is 1.39 bits per heavy atom. The van der Waals surface area contributed by atoms with E-state index in [9.17, 15) is 19.5 Å². The first-order valence-electron chi connectivity index (χ1n) is 7.27. The minimum atomic E-state index is -1.12. The van der Waals surface area contributed by atoms with Crippen molar-refractivity contribution in [2.24, 2.45) is 0 Å². The van der Waals surface area contributed by atoms with Crippen molar-refractivity contribution < 1.29 is 24.2 Å². The highest BCUT2D eigenvalue weighted by molar-refractivity contribution is 6.06. The minimum Gasteiger partial charge on any atom is -0.480 e. The monoisotopic (exact) mass is 320 g/mol. The number of hydrogen-bond acceptors (Lipinski definition) is 5. The Morgan fingerprint density at radius 3 is 2.61 bits per heavy atom. The van der Waals surface area contributed by atoms with Gasteiger partial charge in [-0.25, -0.2) is 4.79 Å². The lowest BCUT2D eigenvalue weighted by Crippen LogP contribution is -2.51. The molecule has 2 unspecified atom stereocenters. The fraction of sp³-hybridized carbons (Fsp3) is 0.438. The molecule has 0 aromatic heterocycles. The first-order valence-corrected chi connectivity index (χ1v) is 7.27. The van der Waals surface area contributed by atoms with Gasteiger partial charge in [-0.05, 0) is 46.1 Å². The van der Waals surface area contributed by atoms with Crippen molar-refractivity contribution in [1.29, 1.82) is 0 Å². The van der Waals surface area contributed by atoms with Gasteiger partial charge in [-0.2, -0.15) is 0 Å². The van der Waals surface area contributed by atoms with Crippen molar-refractivity contribution in [3.63, 3.8) is 0 Å². The van der Waals surface area contributed by atoms with Gasteiger partial charge in [0, 0.05) is 5.56 Å². The Bertz CT molecular complexity index is 656. The van der Waals surface area contributed by atoms with Crippen LogP contribution in [0.5, 0.6) is 5.75 Å². The Morgan fingerprint density at radius 2 is 2.04 bits per heavy atom. The summed E-state index contributed by atoms with van der Waals surface area (Å²) in [5, 5.41) is 9.25. The van der Waals surface area contributed by atoms with E-state index in [1.165, 1.54) is 17.9 Å². The van der Waals surface area contributed by atoms with E-state index in [0.717, 1.165) is 0 Å². The third kappa shape index (κ3) is 3.34. The van der Waals surface area contributed by atoms with Crippen LogP contribution in [0.1, 0.15) is 24.2 Å². The van der Waals surface area contributed by atoms with E-state index in [-0.39, 0.29) is 12.3 Å². The maximum Gasteiger partial charge on any atom is 0.326 e. The van der Waals surface area contributed by atoms with Crippen LogP contribution in [0.3, 0.4) is 0 Å². The topological polar surface area (TPSA) is 87.2 Å². The highest BCUT2D eigenvalue weighted by Crippen LogP contribution is 2.36. The van der Waals surface area contributed by atoms with Crippen molar-refractivity contribution in [2.75, 3.05) is 25.5 Å². The first kappa shape index (κ1) is 17.0. The largest absolute Gasteiger partial charge is 0.480 e. The number of ketones is 1. The lowest BCUT2D eigenvalue weighted by molar-refractivity contribution is -0.140. The van der Waals surface area contributed by atoms with Crippen LogP contribution in [0, 0.1) is 0 Å². The molecule has 124 valence electrons. The molecule has 7 heteroatoms. The van der Waals surface area contributed by atoms with Gasteiger partial charge in [0.05, 0.1) is 12.2 Å². The van der Waals surface area contributed by atoms with Crippen LogP contribution in [0.25, 0.3) is 0 Å². The number of amides is 1. The van der Waals surface area contributed by atoms with E-state index in [1.54, 1.807) is 38.1 Å². The van der Waals surface area contributed by atoms with Crippen LogP contribution in [0.4, 0.5) is 5.69 Å². The summed E-state index contributed by atoms with van der Waals surface area (Å²) in [4.78, 5) is 38.8. The van der Waals surface area contributed by atoms with E-state index >= 15 is 0 Å². The number of nitrogens with zero attached hydrogens (tertiary/aromatic N) is 2. The molecular weight excluding hydrogens is 300 g/mol. The number of carboxylic acid groups (broad SMARTS) is 1. The van der Waals surface area contributed by atoms with Crippen molar-refractivity contribution in [3.8, 4) is 5.75 Å². The molecule has 2 atom stereocenters. The average Bonchev–Trinajstić information content (AvgIpc) is 2.46. The van der Waals surface area contributed by atoms with Gasteiger partial charge in [0.25, 0.3) is 5.91 Å². The fourth-order valence-electron chi connectivity index (χ4n) is 2.42. The van der Waals surface area contributed by atoms with Crippen LogP contribution >= 0.6 is 0 Å². The molecule has 2 rings (SSSR count). The summed E-state index contributed by atoms with van der Waals surface area (Å²) in [6.07, 6.45) is -0.771. The molecule has 0 fully saturated rings. The van der Waals surface area contributed by atoms with Crippen LogP contribution in [-0.4, -0.2) is 60.5 Å². The molecule has 0 spiro atoms. The van der Waals surface area contributed by atoms with Gasteiger partial charge in [-0.15, -0.1) is 0 Å². The van der Waals surface area contributed by atoms with Gasteiger partial charge < -0.3 is 14.7 Å². The lowest BCUT2D eigenvalue weighted by Gasteiger charge is -2.35. The Balaban J connectivity index is 2.47. The number of fused-ring (bicyclic) bond motifs is 1. The molecule has 1 aromatic carbocycles.